The maximum atomic E-state index is 12.2. The first kappa shape index (κ1) is 12.7. The highest BCUT2D eigenvalue weighted by Gasteiger charge is 2.10. The Hall–Kier alpha value is -2.33. The van der Waals surface area contributed by atoms with Crippen molar-refractivity contribution in [2.45, 2.75) is 6.92 Å². The number of carbonyl (C=O) groups excluding carboxylic acids is 1. The molecule has 5 heteroatoms. The molecule has 0 atom stereocenters. The molecule has 100 valence electrons. The lowest BCUT2D eigenvalue weighted by Gasteiger charge is -2.08. The van der Waals surface area contributed by atoms with Crippen molar-refractivity contribution in [2.24, 2.45) is 0 Å². The number of carbonyl (C=O) groups is 1. The van der Waals surface area contributed by atoms with Gasteiger partial charge in [0.1, 0.15) is 0 Å². The van der Waals surface area contributed by atoms with Crippen LogP contribution in [-0.2, 0) is 0 Å². The van der Waals surface area contributed by atoms with E-state index in [-0.39, 0.29) is 5.91 Å². The van der Waals surface area contributed by atoms with Gasteiger partial charge < -0.3 is 10.3 Å². The van der Waals surface area contributed by atoms with Crippen LogP contribution in [0.5, 0.6) is 0 Å². The van der Waals surface area contributed by atoms with Crippen molar-refractivity contribution in [2.75, 3.05) is 5.32 Å². The van der Waals surface area contributed by atoms with Gasteiger partial charge in [0.2, 0.25) is 0 Å². The molecule has 2 N–H and O–H groups in total. The van der Waals surface area contributed by atoms with Gasteiger partial charge in [-0.2, -0.15) is 0 Å². The zero-order chi connectivity index (χ0) is 14.1. The normalized spacial score (nSPS) is 10.7. The molecule has 0 unspecified atom stereocenters. The van der Waals surface area contributed by atoms with Crippen molar-refractivity contribution in [3.63, 3.8) is 0 Å². The van der Waals surface area contributed by atoms with Crippen LogP contribution in [0.1, 0.15) is 15.9 Å². The molecule has 0 fully saturated rings. The van der Waals surface area contributed by atoms with E-state index in [9.17, 15) is 4.79 Å². The van der Waals surface area contributed by atoms with Crippen LogP contribution in [0.2, 0.25) is 5.02 Å². The van der Waals surface area contributed by atoms with Crippen LogP contribution in [0.25, 0.3) is 11.0 Å². The molecular weight excluding hydrogens is 274 g/mol. The molecule has 0 aliphatic heterocycles. The van der Waals surface area contributed by atoms with Gasteiger partial charge in [-0.15, -0.1) is 0 Å². The van der Waals surface area contributed by atoms with E-state index in [0.717, 1.165) is 16.6 Å². The summed E-state index contributed by atoms with van der Waals surface area (Å²) in [5, 5.41) is 3.34. The van der Waals surface area contributed by atoms with Crippen molar-refractivity contribution < 1.29 is 4.79 Å². The largest absolute Gasteiger partial charge is 0.345 e. The number of hydrogen-bond donors (Lipinski definition) is 2. The van der Waals surface area contributed by atoms with Crippen LogP contribution in [0.15, 0.2) is 42.7 Å². The Morgan fingerprint density at radius 3 is 2.95 bits per heavy atom. The number of halogens is 1. The molecule has 3 rings (SSSR count). The van der Waals surface area contributed by atoms with Crippen molar-refractivity contribution in [1.29, 1.82) is 0 Å². The number of anilines is 1. The Balaban J connectivity index is 1.90. The van der Waals surface area contributed by atoms with Gasteiger partial charge in [-0.1, -0.05) is 17.7 Å². The smallest absolute Gasteiger partial charge is 0.255 e. The van der Waals surface area contributed by atoms with E-state index in [0.29, 0.717) is 16.3 Å². The third kappa shape index (κ3) is 2.38. The first-order valence-corrected chi connectivity index (χ1v) is 6.52. The van der Waals surface area contributed by atoms with Gasteiger partial charge in [-0.25, -0.2) is 4.98 Å². The monoisotopic (exact) mass is 285 g/mol. The summed E-state index contributed by atoms with van der Waals surface area (Å²) in [5.74, 6) is -0.200. The van der Waals surface area contributed by atoms with E-state index in [1.807, 2.05) is 19.1 Å². The zero-order valence-corrected chi connectivity index (χ0v) is 11.5. The minimum absolute atomic E-state index is 0.200. The number of amides is 1. The molecular formula is C15H12ClN3O. The number of benzene rings is 2. The van der Waals surface area contributed by atoms with E-state index in [1.165, 1.54) is 0 Å². The third-order valence-corrected chi connectivity index (χ3v) is 3.38. The predicted molar refractivity (Wildman–Crippen MR) is 80.2 cm³/mol. The second kappa shape index (κ2) is 4.98. The van der Waals surface area contributed by atoms with Crippen molar-refractivity contribution >= 4 is 34.2 Å². The van der Waals surface area contributed by atoms with Crippen molar-refractivity contribution in [3.8, 4) is 0 Å². The lowest BCUT2D eigenvalue weighted by atomic mass is 10.1. The minimum atomic E-state index is -0.200. The Morgan fingerprint density at radius 1 is 1.25 bits per heavy atom. The zero-order valence-electron chi connectivity index (χ0n) is 10.8. The first-order valence-electron chi connectivity index (χ1n) is 6.14. The summed E-state index contributed by atoms with van der Waals surface area (Å²) in [6.07, 6.45) is 1.60. The fourth-order valence-electron chi connectivity index (χ4n) is 2.01. The summed E-state index contributed by atoms with van der Waals surface area (Å²) >= 11 is 6.07. The van der Waals surface area contributed by atoms with Gasteiger partial charge in [-0.05, 0) is 42.8 Å². The van der Waals surface area contributed by atoms with Gasteiger partial charge >= 0.3 is 0 Å². The highest BCUT2D eigenvalue weighted by Crippen LogP contribution is 2.23. The number of aryl methyl sites for hydroxylation is 1. The average Bonchev–Trinajstić information content (AvgIpc) is 2.90. The molecule has 0 saturated carbocycles. The fraction of sp³-hybridized carbons (Fsp3) is 0.0667. The predicted octanol–water partition coefficient (Wildman–Crippen LogP) is 3.78. The third-order valence-electron chi connectivity index (χ3n) is 3.05. The van der Waals surface area contributed by atoms with Crippen molar-refractivity contribution in [3.05, 3.63) is 58.9 Å². The molecule has 0 spiro atoms. The Kier molecular flexibility index (Phi) is 3.16. The Labute approximate surface area is 120 Å². The number of H-pyrrole nitrogens is 1. The number of hydrogen-bond acceptors (Lipinski definition) is 2. The van der Waals surface area contributed by atoms with Crippen molar-refractivity contribution in [1.82, 2.24) is 9.97 Å². The standard InChI is InChI=1S/C15H12ClN3O/c1-9-2-4-11(16)13(6-9)19-15(20)10-3-5-12-14(7-10)18-8-17-12/h2-8H,1H3,(H,17,18)(H,19,20). The Morgan fingerprint density at radius 2 is 2.10 bits per heavy atom. The molecule has 0 bridgehead atoms. The highest BCUT2D eigenvalue weighted by molar-refractivity contribution is 6.34. The van der Waals surface area contributed by atoms with E-state index < -0.39 is 0 Å². The van der Waals surface area contributed by atoms with Gasteiger partial charge in [0.15, 0.2) is 0 Å². The summed E-state index contributed by atoms with van der Waals surface area (Å²) in [7, 11) is 0. The maximum Gasteiger partial charge on any atom is 0.255 e. The lowest BCUT2D eigenvalue weighted by Crippen LogP contribution is -2.12. The second-order valence-corrected chi connectivity index (χ2v) is 4.98. The van der Waals surface area contributed by atoms with Crippen LogP contribution in [-0.4, -0.2) is 15.9 Å². The van der Waals surface area contributed by atoms with Crippen LogP contribution in [0, 0.1) is 6.92 Å². The number of aromatic amines is 1. The van der Waals surface area contributed by atoms with Crippen LogP contribution in [0.3, 0.4) is 0 Å². The molecule has 20 heavy (non-hydrogen) atoms. The van der Waals surface area contributed by atoms with Gasteiger partial charge in [0, 0.05) is 5.56 Å². The average molecular weight is 286 g/mol. The number of nitrogens with one attached hydrogen (secondary N) is 2. The van der Waals surface area contributed by atoms with Crippen LogP contribution < -0.4 is 5.32 Å². The summed E-state index contributed by atoms with van der Waals surface area (Å²) in [6.45, 7) is 1.95. The summed E-state index contributed by atoms with van der Waals surface area (Å²) in [6, 6.07) is 10.8. The molecule has 0 aliphatic rings. The van der Waals surface area contributed by atoms with E-state index in [1.54, 1.807) is 30.6 Å². The molecule has 4 nitrogen and oxygen atoms in total. The maximum absolute atomic E-state index is 12.2. The molecule has 0 saturated heterocycles. The summed E-state index contributed by atoms with van der Waals surface area (Å²) < 4.78 is 0. The number of nitrogens with zero attached hydrogens (tertiary/aromatic N) is 1. The quantitative estimate of drug-likeness (QED) is 0.753. The Bertz CT molecular complexity index is 795. The van der Waals surface area contributed by atoms with Crippen LogP contribution in [0.4, 0.5) is 5.69 Å². The van der Waals surface area contributed by atoms with Crippen LogP contribution >= 0.6 is 11.6 Å². The lowest BCUT2D eigenvalue weighted by molar-refractivity contribution is 0.102. The number of imidazole rings is 1. The summed E-state index contributed by atoms with van der Waals surface area (Å²) in [4.78, 5) is 19.3. The molecule has 2 aromatic carbocycles. The van der Waals surface area contributed by atoms with E-state index >= 15 is 0 Å². The second-order valence-electron chi connectivity index (χ2n) is 4.57. The van der Waals surface area contributed by atoms with Gasteiger partial charge in [0.25, 0.3) is 5.91 Å². The van der Waals surface area contributed by atoms with E-state index in [4.69, 9.17) is 11.6 Å². The first-order chi connectivity index (χ1) is 9.63. The molecule has 3 aromatic rings. The number of fused-ring (bicyclic) bond motifs is 1. The number of rotatable bonds is 2. The van der Waals surface area contributed by atoms with E-state index in [2.05, 4.69) is 15.3 Å². The number of aromatic nitrogens is 2. The molecule has 1 heterocycles. The van der Waals surface area contributed by atoms with Gasteiger partial charge in [0.05, 0.1) is 28.1 Å². The molecule has 1 aromatic heterocycles. The van der Waals surface area contributed by atoms with Gasteiger partial charge in [-0.3, -0.25) is 4.79 Å². The molecule has 1 amide bonds. The topological polar surface area (TPSA) is 57.8 Å². The SMILES string of the molecule is Cc1ccc(Cl)c(NC(=O)c2ccc3nc[nH]c3c2)c1. The molecule has 0 aliphatic carbocycles. The molecule has 0 radical (unpaired) electrons. The fourth-order valence-corrected chi connectivity index (χ4v) is 2.17. The highest BCUT2D eigenvalue weighted by atomic mass is 35.5. The minimum Gasteiger partial charge on any atom is -0.345 e. The summed E-state index contributed by atoms with van der Waals surface area (Å²) in [5.41, 5.74) is 3.86.